The van der Waals surface area contributed by atoms with Crippen molar-refractivity contribution in [2.75, 3.05) is 18.6 Å². The summed E-state index contributed by atoms with van der Waals surface area (Å²) in [6.07, 6.45) is -4.56. The molecule has 0 saturated carbocycles. The second-order valence-electron chi connectivity index (χ2n) is 3.96. The summed E-state index contributed by atoms with van der Waals surface area (Å²) in [5, 5.41) is 0. The van der Waals surface area contributed by atoms with E-state index in [0.717, 1.165) is 11.0 Å². The van der Waals surface area contributed by atoms with Gasteiger partial charge in [-0.15, -0.1) is 0 Å². The van der Waals surface area contributed by atoms with Gasteiger partial charge in [0.2, 0.25) is 5.91 Å². The van der Waals surface area contributed by atoms with Crippen LogP contribution in [0.1, 0.15) is 5.56 Å². The molecule has 1 aromatic carbocycles. The number of halogens is 3. The summed E-state index contributed by atoms with van der Waals surface area (Å²) >= 11 is 0. The van der Waals surface area contributed by atoms with Gasteiger partial charge in [0, 0.05) is 7.05 Å². The molecule has 1 aliphatic heterocycles. The topological polar surface area (TPSA) is 55.6 Å². The van der Waals surface area contributed by atoms with Crippen LogP contribution in [0.15, 0.2) is 18.2 Å². The number of carbonyl (C=O) groups is 1. The second-order valence-corrected chi connectivity index (χ2v) is 3.96. The van der Waals surface area contributed by atoms with Gasteiger partial charge in [0.15, 0.2) is 0 Å². The van der Waals surface area contributed by atoms with E-state index < -0.39 is 23.7 Å². The Bertz CT molecular complexity index is 488. The molecule has 98 valence electrons. The molecule has 1 aromatic rings. The highest BCUT2D eigenvalue weighted by Crippen LogP contribution is 2.42. The molecule has 1 heterocycles. The molecule has 0 radical (unpaired) electrons. The average molecular weight is 260 g/mol. The molecule has 0 saturated heterocycles. The fourth-order valence-electron chi connectivity index (χ4n) is 1.82. The Morgan fingerprint density at radius 3 is 2.72 bits per heavy atom. The van der Waals surface area contributed by atoms with Gasteiger partial charge in [-0.2, -0.15) is 13.2 Å². The van der Waals surface area contributed by atoms with Crippen molar-refractivity contribution in [1.82, 2.24) is 0 Å². The van der Waals surface area contributed by atoms with Crippen molar-refractivity contribution in [2.24, 2.45) is 5.73 Å². The number of hydrogen-bond donors (Lipinski definition) is 1. The first kappa shape index (κ1) is 12.7. The van der Waals surface area contributed by atoms with Crippen molar-refractivity contribution in [2.45, 2.75) is 12.2 Å². The van der Waals surface area contributed by atoms with Crippen LogP contribution in [-0.2, 0) is 11.0 Å². The first-order valence-corrected chi connectivity index (χ1v) is 5.18. The van der Waals surface area contributed by atoms with E-state index >= 15 is 0 Å². The van der Waals surface area contributed by atoms with Crippen molar-refractivity contribution in [1.29, 1.82) is 0 Å². The summed E-state index contributed by atoms with van der Waals surface area (Å²) in [5.74, 6) is -0.598. The lowest BCUT2D eigenvalue weighted by Gasteiger charge is -2.22. The zero-order valence-electron chi connectivity index (χ0n) is 9.49. The van der Waals surface area contributed by atoms with Crippen LogP contribution < -0.4 is 15.4 Å². The molecule has 4 nitrogen and oxygen atoms in total. The maximum atomic E-state index is 12.9. The molecular formula is C11H11F3N2O2. The molecule has 1 aliphatic rings. The minimum absolute atomic E-state index is 0.00799. The number of para-hydroxylation sites is 1. The third kappa shape index (κ3) is 2.01. The third-order valence-corrected chi connectivity index (χ3v) is 2.71. The van der Waals surface area contributed by atoms with Gasteiger partial charge in [-0.05, 0) is 12.1 Å². The molecule has 0 fully saturated rings. The molecule has 2 N–H and O–H groups in total. The van der Waals surface area contributed by atoms with E-state index in [1.165, 1.54) is 19.2 Å². The summed E-state index contributed by atoms with van der Waals surface area (Å²) in [6, 6.07) is 2.55. The highest BCUT2D eigenvalue weighted by Gasteiger charge is 2.39. The van der Waals surface area contributed by atoms with Gasteiger partial charge in [-0.25, -0.2) is 0 Å². The van der Waals surface area contributed by atoms with Crippen LogP contribution in [0, 0.1) is 0 Å². The van der Waals surface area contributed by atoms with Gasteiger partial charge in [-0.1, -0.05) is 6.07 Å². The van der Waals surface area contributed by atoms with Crippen molar-refractivity contribution < 1.29 is 22.7 Å². The number of nitrogens with two attached hydrogens (primary N) is 1. The Kier molecular flexibility index (Phi) is 2.94. The Morgan fingerprint density at radius 1 is 1.44 bits per heavy atom. The lowest BCUT2D eigenvalue weighted by atomic mass is 10.1. The summed E-state index contributed by atoms with van der Waals surface area (Å²) in [6.45, 7) is -0.141. The molecule has 0 unspecified atom stereocenters. The number of carbonyl (C=O) groups excluding carboxylic acids is 1. The number of alkyl halides is 3. The molecule has 1 atom stereocenters. The molecule has 18 heavy (non-hydrogen) atoms. The van der Waals surface area contributed by atoms with E-state index in [1.54, 1.807) is 0 Å². The lowest BCUT2D eigenvalue weighted by Crippen LogP contribution is -2.43. The standard InChI is InChI=1S/C11H11F3N2O2/c1-16-9-6(11(12,13)14)3-2-4-8(9)18-5-7(15)10(16)17/h2-4,7H,5,15H2,1H3/t7-/m0/s1. The maximum Gasteiger partial charge on any atom is 0.418 e. The first-order valence-electron chi connectivity index (χ1n) is 5.18. The molecular weight excluding hydrogens is 249 g/mol. The lowest BCUT2D eigenvalue weighted by molar-refractivity contribution is -0.137. The van der Waals surface area contributed by atoms with Crippen molar-refractivity contribution >= 4 is 11.6 Å². The quantitative estimate of drug-likeness (QED) is 0.767. The van der Waals surface area contributed by atoms with Crippen LogP contribution in [-0.4, -0.2) is 25.6 Å². The number of hydrogen-bond acceptors (Lipinski definition) is 3. The summed E-state index contributed by atoms with van der Waals surface area (Å²) in [5.41, 5.74) is 4.31. The number of nitrogens with zero attached hydrogens (tertiary/aromatic N) is 1. The fraction of sp³-hybridized carbons (Fsp3) is 0.364. The summed E-state index contributed by atoms with van der Waals surface area (Å²) in [7, 11) is 1.25. The molecule has 2 rings (SSSR count). The monoisotopic (exact) mass is 260 g/mol. The average Bonchev–Trinajstić information content (AvgIpc) is 2.41. The largest absolute Gasteiger partial charge is 0.489 e. The van der Waals surface area contributed by atoms with Crippen LogP contribution in [0.2, 0.25) is 0 Å². The molecule has 1 amide bonds. The number of likely N-dealkylation sites (N-methyl/N-ethyl adjacent to an activating group) is 1. The van der Waals surface area contributed by atoms with Crippen molar-refractivity contribution in [3.63, 3.8) is 0 Å². The van der Waals surface area contributed by atoms with Gasteiger partial charge in [0.05, 0.1) is 11.3 Å². The Labute approximate surface area is 101 Å². The van der Waals surface area contributed by atoms with E-state index in [4.69, 9.17) is 10.5 Å². The maximum absolute atomic E-state index is 12.9. The zero-order valence-corrected chi connectivity index (χ0v) is 9.49. The number of rotatable bonds is 0. The van der Waals surface area contributed by atoms with Crippen molar-refractivity contribution in [3.8, 4) is 5.75 Å². The Hall–Kier alpha value is -1.76. The van der Waals surface area contributed by atoms with E-state index in [-0.39, 0.29) is 18.0 Å². The predicted molar refractivity (Wildman–Crippen MR) is 58.3 cm³/mol. The molecule has 0 spiro atoms. The highest BCUT2D eigenvalue weighted by molar-refractivity contribution is 5.99. The molecule has 7 heteroatoms. The number of ether oxygens (including phenoxy) is 1. The number of anilines is 1. The molecule has 0 aromatic heterocycles. The predicted octanol–water partition coefficient (Wildman–Crippen LogP) is 1.39. The van der Waals surface area contributed by atoms with Gasteiger partial charge < -0.3 is 15.4 Å². The zero-order chi connectivity index (χ0) is 13.5. The first-order chi connectivity index (χ1) is 8.32. The number of benzene rings is 1. The van der Waals surface area contributed by atoms with Crippen LogP contribution >= 0.6 is 0 Å². The van der Waals surface area contributed by atoms with Gasteiger partial charge in [0.1, 0.15) is 18.4 Å². The van der Waals surface area contributed by atoms with Gasteiger partial charge >= 0.3 is 6.18 Å². The molecule has 0 aliphatic carbocycles. The minimum Gasteiger partial charge on any atom is -0.489 e. The van der Waals surface area contributed by atoms with Crippen LogP contribution in [0.4, 0.5) is 18.9 Å². The Morgan fingerprint density at radius 2 is 2.11 bits per heavy atom. The van der Waals surface area contributed by atoms with Gasteiger partial charge in [-0.3, -0.25) is 4.79 Å². The van der Waals surface area contributed by atoms with E-state index in [9.17, 15) is 18.0 Å². The van der Waals surface area contributed by atoms with Gasteiger partial charge in [0.25, 0.3) is 0 Å². The summed E-state index contributed by atoms with van der Waals surface area (Å²) in [4.78, 5) is 12.6. The van der Waals surface area contributed by atoms with E-state index in [0.29, 0.717) is 0 Å². The van der Waals surface area contributed by atoms with Crippen molar-refractivity contribution in [3.05, 3.63) is 23.8 Å². The molecule has 0 bridgehead atoms. The highest BCUT2D eigenvalue weighted by atomic mass is 19.4. The van der Waals surface area contributed by atoms with Crippen LogP contribution in [0.5, 0.6) is 5.75 Å². The fourth-order valence-corrected chi connectivity index (χ4v) is 1.82. The van der Waals surface area contributed by atoms with Crippen LogP contribution in [0.3, 0.4) is 0 Å². The number of fused-ring (bicyclic) bond motifs is 1. The normalized spacial score (nSPS) is 20.2. The second kappa shape index (κ2) is 4.16. The third-order valence-electron chi connectivity index (χ3n) is 2.71. The SMILES string of the molecule is CN1C(=O)[C@@H](N)COc2cccc(C(F)(F)F)c21. The van der Waals surface area contributed by atoms with E-state index in [1.807, 2.05) is 0 Å². The van der Waals surface area contributed by atoms with Crippen LogP contribution in [0.25, 0.3) is 0 Å². The Balaban J connectivity index is 2.61. The summed E-state index contributed by atoms with van der Waals surface area (Å²) < 4.78 is 43.8. The minimum atomic E-state index is -4.56. The smallest absolute Gasteiger partial charge is 0.418 e. The number of amides is 1. The van der Waals surface area contributed by atoms with E-state index in [2.05, 4.69) is 0 Å².